The average Bonchev–Trinajstić information content (AvgIpc) is 1.95. The molecule has 1 nitrogen and oxygen atoms in total. The van der Waals surface area contributed by atoms with Crippen molar-refractivity contribution in [3.05, 3.63) is 27.3 Å². The molecule has 1 aromatic rings. The summed E-state index contributed by atoms with van der Waals surface area (Å²) < 4.78 is 1.26. The van der Waals surface area contributed by atoms with Crippen LogP contribution in [0.1, 0.15) is 5.56 Å². The first-order valence-corrected chi connectivity index (χ1v) is 4.63. The number of halogens is 1. The second-order valence-corrected chi connectivity index (χ2v) is 3.84. The van der Waals surface area contributed by atoms with E-state index in [2.05, 4.69) is 50.0 Å². The van der Waals surface area contributed by atoms with E-state index < -0.39 is 0 Å². The quantitative estimate of drug-likeness (QED) is 0.600. The van der Waals surface area contributed by atoms with Gasteiger partial charge in [-0.1, -0.05) is 6.07 Å². The lowest BCUT2D eigenvalue weighted by atomic mass is 10.2. The summed E-state index contributed by atoms with van der Waals surface area (Å²) in [5.41, 5.74) is 6.64. The summed E-state index contributed by atoms with van der Waals surface area (Å²) in [6, 6.07) is 6.22. The number of nitrogens with two attached hydrogens (primary N) is 1. The summed E-state index contributed by atoms with van der Waals surface area (Å²) in [6.45, 7) is 0.623. The van der Waals surface area contributed by atoms with Gasteiger partial charge in [0.2, 0.25) is 0 Å². The molecule has 0 aromatic heterocycles. The minimum Gasteiger partial charge on any atom is -0.326 e. The monoisotopic (exact) mass is 265 g/mol. The highest BCUT2D eigenvalue weighted by molar-refractivity contribution is 14.1. The highest BCUT2D eigenvalue weighted by Crippen LogP contribution is 2.06. The molecule has 2 N–H and O–H groups in total. The number of hydrogen-bond donors (Lipinski definition) is 1. The molecule has 0 saturated heterocycles. The number of rotatable bonds is 1. The highest BCUT2D eigenvalue weighted by atomic mass is 127. The number of hydrogen-bond acceptors (Lipinski definition) is 1. The fourth-order valence-corrected chi connectivity index (χ4v) is 1.37. The normalized spacial score (nSPS) is 9.90. The van der Waals surface area contributed by atoms with Crippen LogP contribution in [0.5, 0.6) is 0 Å². The smallest absolute Gasteiger partial charge is 0.0202 e. The van der Waals surface area contributed by atoms with Crippen molar-refractivity contribution in [2.45, 2.75) is 6.54 Å². The fraction of sp³-hybridized carbons (Fsp3) is 0.143. The van der Waals surface area contributed by atoms with Gasteiger partial charge in [0.05, 0.1) is 0 Å². The van der Waals surface area contributed by atoms with Gasteiger partial charge in [-0.05, 0) is 45.6 Å². The molecule has 0 saturated carbocycles. The van der Waals surface area contributed by atoms with E-state index in [4.69, 9.17) is 5.73 Å². The molecule has 0 bridgehead atoms. The summed E-state index contributed by atoms with van der Waals surface area (Å²) in [7, 11) is 2.69. The topological polar surface area (TPSA) is 26.0 Å². The summed E-state index contributed by atoms with van der Waals surface area (Å²) >= 11 is 2.30. The lowest BCUT2D eigenvalue weighted by molar-refractivity contribution is 1.07. The van der Waals surface area contributed by atoms with Crippen molar-refractivity contribution in [1.29, 1.82) is 0 Å². The second-order valence-electron chi connectivity index (χ2n) is 2.06. The zero-order chi connectivity index (χ0) is 7.56. The Labute approximate surface area is 76.7 Å². The maximum atomic E-state index is 5.46. The number of benzene rings is 1. The lowest BCUT2D eigenvalue weighted by Crippen LogP contribution is -2.02. The Hall–Kier alpha value is 0.340. The van der Waals surface area contributed by atoms with Gasteiger partial charge in [-0.2, -0.15) is 0 Å². The second kappa shape index (κ2) is 3.65. The Kier molecular flexibility index (Phi) is 3.08. The summed E-state index contributed by atoms with van der Waals surface area (Å²) in [6.07, 6.45) is 0. The largest absolute Gasteiger partial charge is 0.326 e. The highest BCUT2D eigenvalue weighted by Gasteiger charge is 1.93. The predicted octanol–water partition coefficient (Wildman–Crippen LogP) is 1.25. The molecule has 1 rings (SSSR count). The first-order valence-electron chi connectivity index (χ1n) is 2.98. The van der Waals surface area contributed by atoms with E-state index in [0.29, 0.717) is 6.54 Å². The molecule has 0 fully saturated rings. The molecule has 0 radical (unpaired) electrons. The first-order chi connectivity index (χ1) is 4.74. The van der Waals surface area contributed by atoms with Gasteiger partial charge in [0.15, 0.2) is 0 Å². The molecule has 0 aliphatic rings. The van der Waals surface area contributed by atoms with Gasteiger partial charge in [0, 0.05) is 10.1 Å². The van der Waals surface area contributed by atoms with Crippen LogP contribution in [0.3, 0.4) is 0 Å². The van der Waals surface area contributed by atoms with Crippen LogP contribution < -0.4 is 11.0 Å². The zero-order valence-electron chi connectivity index (χ0n) is 5.47. The summed E-state index contributed by atoms with van der Waals surface area (Å²) in [5, 5.41) is 1.23. The van der Waals surface area contributed by atoms with Crippen LogP contribution in [0.15, 0.2) is 18.2 Å². The summed E-state index contributed by atoms with van der Waals surface area (Å²) in [5.74, 6) is 0. The molecule has 0 aliphatic heterocycles. The lowest BCUT2D eigenvalue weighted by Gasteiger charge is -1.99. The van der Waals surface area contributed by atoms with Gasteiger partial charge in [-0.15, -0.1) is 9.24 Å². The third-order valence-electron chi connectivity index (χ3n) is 1.30. The Balaban J connectivity index is 3.04. The van der Waals surface area contributed by atoms with E-state index in [1.807, 2.05) is 0 Å². The minimum atomic E-state index is 0.623. The molecule has 54 valence electrons. The minimum absolute atomic E-state index is 0.623. The van der Waals surface area contributed by atoms with Gasteiger partial charge < -0.3 is 5.73 Å². The molecule has 0 spiro atoms. The van der Waals surface area contributed by atoms with Crippen LogP contribution in [0.25, 0.3) is 0 Å². The molecule has 0 aliphatic carbocycles. The maximum absolute atomic E-state index is 5.46. The van der Waals surface area contributed by atoms with Crippen LogP contribution in [-0.2, 0) is 6.54 Å². The van der Waals surface area contributed by atoms with Gasteiger partial charge in [0.25, 0.3) is 0 Å². The van der Waals surface area contributed by atoms with Crippen molar-refractivity contribution >= 4 is 37.1 Å². The van der Waals surface area contributed by atoms with E-state index in [-0.39, 0.29) is 0 Å². The van der Waals surface area contributed by atoms with Crippen LogP contribution in [-0.4, -0.2) is 0 Å². The third kappa shape index (κ3) is 1.91. The molecule has 1 atom stereocenters. The fourth-order valence-electron chi connectivity index (χ4n) is 0.720. The third-order valence-corrected chi connectivity index (χ3v) is 3.34. The van der Waals surface area contributed by atoms with E-state index in [1.165, 1.54) is 14.4 Å². The average molecular weight is 265 g/mol. The van der Waals surface area contributed by atoms with Gasteiger partial charge in [-0.25, -0.2) is 0 Å². The maximum Gasteiger partial charge on any atom is 0.0202 e. The Morgan fingerprint density at radius 2 is 2.20 bits per heavy atom. The van der Waals surface area contributed by atoms with E-state index >= 15 is 0 Å². The zero-order valence-corrected chi connectivity index (χ0v) is 8.78. The van der Waals surface area contributed by atoms with Crippen LogP contribution in [0.4, 0.5) is 0 Å². The van der Waals surface area contributed by atoms with Crippen molar-refractivity contribution in [1.82, 2.24) is 0 Å². The molecule has 3 heteroatoms. The molecule has 10 heavy (non-hydrogen) atoms. The molecule has 0 heterocycles. The van der Waals surface area contributed by atoms with Crippen LogP contribution in [0.2, 0.25) is 0 Å². The Morgan fingerprint density at radius 1 is 1.50 bits per heavy atom. The van der Waals surface area contributed by atoms with Crippen molar-refractivity contribution in [3.8, 4) is 0 Å². The molecule has 0 amide bonds. The van der Waals surface area contributed by atoms with Crippen molar-refractivity contribution in [2.75, 3.05) is 0 Å². The van der Waals surface area contributed by atoms with Gasteiger partial charge in [-0.3, -0.25) is 0 Å². The molecule has 1 aromatic carbocycles. The Bertz CT molecular complexity index is 237. The van der Waals surface area contributed by atoms with Crippen molar-refractivity contribution < 1.29 is 0 Å². The van der Waals surface area contributed by atoms with Crippen molar-refractivity contribution in [3.63, 3.8) is 0 Å². The Morgan fingerprint density at radius 3 is 2.70 bits per heavy atom. The molecular weight excluding hydrogens is 256 g/mol. The first kappa shape index (κ1) is 8.44. The standard InChI is InChI=1S/C7H9INP/c8-6-2-1-5(4-9)3-7(6)10/h1-3H,4,9-10H2. The van der Waals surface area contributed by atoms with E-state index in [9.17, 15) is 0 Å². The predicted molar refractivity (Wildman–Crippen MR) is 56.4 cm³/mol. The van der Waals surface area contributed by atoms with Crippen molar-refractivity contribution in [2.24, 2.45) is 5.73 Å². The molecular formula is C7H9INP. The SMILES string of the molecule is NCc1ccc(I)c(P)c1. The summed E-state index contributed by atoms with van der Waals surface area (Å²) in [4.78, 5) is 0. The van der Waals surface area contributed by atoms with E-state index in [1.54, 1.807) is 0 Å². The van der Waals surface area contributed by atoms with Gasteiger partial charge >= 0.3 is 0 Å². The van der Waals surface area contributed by atoms with E-state index in [0.717, 1.165) is 0 Å². The van der Waals surface area contributed by atoms with Crippen LogP contribution >= 0.6 is 31.8 Å². The van der Waals surface area contributed by atoms with Crippen LogP contribution in [0, 0.1) is 3.57 Å². The van der Waals surface area contributed by atoms with Gasteiger partial charge in [0.1, 0.15) is 0 Å². The molecule has 1 unspecified atom stereocenters.